The van der Waals surface area contributed by atoms with E-state index in [-0.39, 0.29) is 22.9 Å². The highest BCUT2D eigenvalue weighted by molar-refractivity contribution is 7.90. The Hall–Kier alpha value is -4.22. The molecule has 0 atom stereocenters. The second kappa shape index (κ2) is 10.2. The molecule has 185 valence electrons. The van der Waals surface area contributed by atoms with Crippen LogP contribution in [0, 0.1) is 13.0 Å². The second-order valence-electron chi connectivity index (χ2n) is 8.04. The van der Waals surface area contributed by atoms with E-state index in [1.54, 1.807) is 13.1 Å². The van der Waals surface area contributed by atoms with E-state index in [1.165, 1.54) is 30.1 Å². The molecule has 3 heterocycles. The molecule has 0 aliphatic carbocycles. The highest BCUT2D eigenvalue weighted by Crippen LogP contribution is 2.32. The van der Waals surface area contributed by atoms with Gasteiger partial charge >= 0.3 is 0 Å². The van der Waals surface area contributed by atoms with Crippen molar-refractivity contribution in [3.05, 3.63) is 89.4 Å². The third kappa shape index (κ3) is 5.07. The number of carbonyl (C=O) groups excluding carboxylic acids is 1. The molecule has 1 aliphatic heterocycles. The minimum atomic E-state index is -3.51. The Morgan fingerprint density at radius 1 is 1.17 bits per heavy atom. The van der Waals surface area contributed by atoms with E-state index in [4.69, 9.17) is 4.84 Å². The van der Waals surface area contributed by atoms with E-state index >= 15 is 0 Å². The maximum Gasteiger partial charge on any atom is 0.220 e. The van der Waals surface area contributed by atoms with Crippen molar-refractivity contribution in [1.82, 2.24) is 25.5 Å². The van der Waals surface area contributed by atoms with E-state index in [0.29, 0.717) is 22.3 Å². The molecule has 1 radical (unpaired) electrons. The summed E-state index contributed by atoms with van der Waals surface area (Å²) in [6.07, 6.45) is 5.77. The summed E-state index contributed by atoms with van der Waals surface area (Å²) in [5.41, 5.74) is 6.56. The van der Waals surface area contributed by atoms with Crippen LogP contribution < -0.4 is 5.48 Å². The van der Waals surface area contributed by atoms with Crippen LogP contribution in [0.25, 0.3) is 16.8 Å². The van der Waals surface area contributed by atoms with Crippen LogP contribution in [0.2, 0.25) is 0 Å². The Morgan fingerprint density at radius 3 is 2.47 bits per heavy atom. The summed E-state index contributed by atoms with van der Waals surface area (Å²) in [7, 11) is -1.99. The molecular weight excluding hydrogens is 482 g/mol. The number of sulfone groups is 1. The smallest absolute Gasteiger partial charge is 0.220 e. The van der Waals surface area contributed by atoms with Crippen molar-refractivity contribution in [2.75, 3.05) is 12.9 Å². The monoisotopic (exact) mass is 506 g/mol. The maximum absolute atomic E-state index is 12.8. The van der Waals surface area contributed by atoms with E-state index in [0.717, 1.165) is 17.5 Å². The predicted molar refractivity (Wildman–Crippen MR) is 133 cm³/mol. The quantitative estimate of drug-likeness (QED) is 0.351. The minimum absolute atomic E-state index is 0.0541. The molecule has 2 aromatic carbocycles. The second-order valence-corrected chi connectivity index (χ2v) is 10.0. The zero-order chi connectivity index (χ0) is 25.9. The summed E-state index contributed by atoms with van der Waals surface area (Å²) in [6, 6.07) is 15.5. The summed E-state index contributed by atoms with van der Waals surface area (Å²) in [5.74, 6) is -0.680. The molecule has 5 rings (SSSR count). The van der Waals surface area contributed by atoms with Crippen molar-refractivity contribution in [2.24, 2.45) is 7.05 Å². The molecule has 36 heavy (non-hydrogen) atoms. The van der Waals surface area contributed by atoms with Crippen molar-refractivity contribution in [3.63, 3.8) is 0 Å². The Balaban J connectivity index is 0.000000229. The lowest BCUT2D eigenvalue weighted by Gasteiger charge is -2.15. The summed E-state index contributed by atoms with van der Waals surface area (Å²) in [4.78, 5) is 18.0. The molecule has 0 bridgehead atoms. The maximum atomic E-state index is 12.8. The van der Waals surface area contributed by atoms with Gasteiger partial charge in [-0.25, -0.2) is 13.1 Å². The third-order valence-corrected chi connectivity index (χ3v) is 6.74. The predicted octanol–water partition coefficient (Wildman–Crippen LogP) is 2.82. The number of ketones is 1. The number of hydrogen-bond acceptors (Lipinski definition) is 8. The van der Waals surface area contributed by atoms with Crippen LogP contribution in [-0.2, 0) is 21.7 Å². The van der Waals surface area contributed by atoms with Gasteiger partial charge in [0.2, 0.25) is 5.88 Å². The third-order valence-electron chi connectivity index (χ3n) is 5.60. The number of aryl methyl sites for hydroxylation is 1. The van der Waals surface area contributed by atoms with Gasteiger partial charge in [0.25, 0.3) is 0 Å². The molecule has 10 nitrogen and oxygen atoms in total. The molecule has 4 aromatic rings. The van der Waals surface area contributed by atoms with Crippen LogP contribution in [0.1, 0.15) is 27.0 Å². The molecule has 0 saturated heterocycles. The largest absolute Gasteiger partial charge is 0.493 e. The normalized spacial score (nSPS) is 12.9. The number of nitrogens with one attached hydrogen (secondary N) is 2. The summed E-state index contributed by atoms with van der Waals surface area (Å²) in [5, 5.41) is 20.6. The van der Waals surface area contributed by atoms with Crippen LogP contribution in [0.4, 0.5) is 0 Å². The highest BCUT2D eigenvalue weighted by atomic mass is 32.2. The fraction of sp³-hybridized carbons (Fsp3) is 0.160. The fourth-order valence-corrected chi connectivity index (χ4v) is 4.74. The number of nitrogens with zero attached hydrogens (tertiary/aromatic N) is 3. The van der Waals surface area contributed by atoms with Gasteiger partial charge in [0.05, 0.1) is 16.8 Å². The van der Waals surface area contributed by atoms with Crippen molar-refractivity contribution in [2.45, 2.75) is 11.8 Å². The number of rotatable bonds is 5. The first-order valence-corrected chi connectivity index (χ1v) is 12.7. The lowest BCUT2D eigenvalue weighted by atomic mass is 9.93. The summed E-state index contributed by atoms with van der Waals surface area (Å²) < 4.78 is 25.5. The molecule has 1 aliphatic rings. The topological polar surface area (TPSA) is 139 Å². The van der Waals surface area contributed by atoms with Gasteiger partial charge < -0.3 is 5.11 Å². The molecular formula is C25H24N5O5S. The Morgan fingerprint density at radius 2 is 1.92 bits per heavy atom. The minimum Gasteiger partial charge on any atom is -0.493 e. The van der Waals surface area contributed by atoms with Crippen molar-refractivity contribution >= 4 is 21.2 Å². The van der Waals surface area contributed by atoms with Crippen LogP contribution in [-0.4, -0.2) is 52.1 Å². The molecule has 2 aromatic heterocycles. The van der Waals surface area contributed by atoms with Crippen molar-refractivity contribution in [1.29, 1.82) is 0 Å². The fourth-order valence-electron chi connectivity index (χ4n) is 3.77. The standard InChI is InChI=1S/C16H17N3O5S.C9H7N2/c1-9-11(15(20)12-7-17-19(2)16(12)21)4-5-13(25(3,22)23)14(9)10-6-18-24-8-10;1-2-4-8(5-3-1)9-6-7-10-11-9/h4-7,18,21H,8H2,1-3H3;2-7H,(H,10,11). The Labute approximate surface area is 208 Å². The summed E-state index contributed by atoms with van der Waals surface area (Å²) >= 11 is 0. The summed E-state index contributed by atoms with van der Waals surface area (Å²) in [6.45, 7) is 1.85. The molecule has 0 fully saturated rings. The van der Waals surface area contributed by atoms with Crippen molar-refractivity contribution in [3.8, 4) is 17.1 Å². The van der Waals surface area contributed by atoms with Gasteiger partial charge in [-0.3, -0.25) is 20.2 Å². The number of aromatic hydroxyl groups is 1. The zero-order valence-corrected chi connectivity index (χ0v) is 20.6. The van der Waals surface area contributed by atoms with Crippen LogP contribution in [0.15, 0.2) is 66.0 Å². The van der Waals surface area contributed by atoms with Gasteiger partial charge in [-0.2, -0.15) is 10.2 Å². The van der Waals surface area contributed by atoms with Crippen LogP contribution >= 0.6 is 0 Å². The van der Waals surface area contributed by atoms with E-state index in [2.05, 4.69) is 26.8 Å². The first-order valence-electron chi connectivity index (χ1n) is 10.8. The number of aromatic nitrogens is 4. The molecule has 0 unspecified atom stereocenters. The van der Waals surface area contributed by atoms with E-state index < -0.39 is 15.6 Å². The zero-order valence-electron chi connectivity index (χ0n) is 19.8. The van der Waals surface area contributed by atoms with Gasteiger partial charge in [0, 0.05) is 48.0 Å². The number of H-pyrrole nitrogens is 1. The first-order chi connectivity index (χ1) is 17.2. The van der Waals surface area contributed by atoms with Gasteiger partial charge in [0.15, 0.2) is 15.6 Å². The van der Waals surface area contributed by atoms with Crippen molar-refractivity contribution < 1.29 is 23.2 Å². The number of carbonyl (C=O) groups is 1. The van der Waals surface area contributed by atoms with E-state index in [1.807, 2.05) is 36.5 Å². The highest BCUT2D eigenvalue weighted by Gasteiger charge is 2.26. The van der Waals surface area contributed by atoms with Gasteiger partial charge in [-0.1, -0.05) is 24.3 Å². The average molecular weight is 507 g/mol. The lowest BCUT2D eigenvalue weighted by molar-refractivity contribution is 0.103. The van der Waals surface area contributed by atoms with Gasteiger partial charge in [-0.15, -0.1) is 0 Å². The number of benzene rings is 2. The van der Waals surface area contributed by atoms with Gasteiger partial charge in [-0.05, 0) is 36.8 Å². The molecule has 0 amide bonds. The number of aromatic amines is 1. The number of hydroxylamine groups is 1. The Kier molecular flexibility index (Phi) is 7.04. The number of hydrogen-bond donors (Lipinski definition) is 3. The Bertz CT molecular complexity index is 1520. The molecule has 11 heteroatoms. The lowest BCUT2D eigenvalue weighted by Crippen LogP contribution is -2.11. The van der Waals surface area contributed by atoms with Gasteiger partial charge in [0.1, 0.15) is 12.2 Å². The van der Waals surface area contributed by atoms with Crippen LogP contribution in [0.3, 0.4) is 0 Å². The average Bonchev–Trinajstić information content (AvgIpc) is 3.63. The van der Waals surface area contributed by atoms with E-state index in [9.17, 15) is 18.3 Å². The molecule has 0 spiro atoms. The van der Waals surface area contributed by atoms with Crippen LogP contribution in [0.5, 0.6) is 5.88 Å². The SMILES string of the molecule is Cc1c(C(=O)c2cnn(C)c2O)ccc(S(C)(=O)=O)c1C1=CNOC1.[c]1ccc(-c2cc[nH]n2)cc1. The molecule has 3 N–H and O–H groups in total. The first kappa shape index (κ1) is 24.9. The molecule has 0 saturated carbocycles.